The van der Waals surface area contributed by atoms with Crippen LogP contribution < -0.4 is 5.32 Å². The normalized spacial score (nSPS) is 16.2. The first kappa shape index (κ1) is 13.3. The van der Waals surface area contributed by atoms with Crippen LogP contribution in [-0.4, -0.2) is 18.1 Å². The number of hydrogen-bond acceptors (Lipinski definition) is 2. The maximum Gasteiger partial charge on any atom is 0.0450 e. The molecule has 1 aromatic heterocycles. The van der Waals surface area contributed by atoms with Crippen LogP contribution in [0.1, 0.15) is 41.3 Å². The van der Waals surface area contributed by atoms with E-state index in [-0.39, 0.29) is 0 Å². The van der Waals surface area contributed by atoms with E-state index in [0.717, 1.165) is 19.5 Å². The molecule has 0 aliphatic carbocycles. The topological polar surface area (TPSA) is 24.9 Å². The summed E-state index contributed by atoms with van der Waals surface area (Å²) in [5.74, 6) is 0.632. The summed E-state index contributed by atoms with van der Waals surface area (Å²) >= 11 is 0. The van der Waals surface area contributed by atoms with Crippen molar-refractivity contribution in [1.29, 1.82) is 0 Å². The predicted molar refractivity (Wildman–Crippen MR) is 83.1 cm³/mol. The summed E-state index contributed by atoms with van der Waals surface area (Å²) in [4.78, 5) is 4.91. The zero-order valence-corrected chi connectivity index (χ0v) is 12.1. The minimum Gasteiger partial charge on any atom is -0.317 e. The predicted octanol–water partition coefficient (Wildman–Crippen LogP) is 3.45. The van der Waals surface area contributed by atoms with Gasteiger partial charge in [0.15, 0.2) is 0 Å². The minimum atomic E-state index is 0.632. The Morgan fingerprint density at radius 3 is 2.65 bits per heavy atom. The van der Waals surface area contributed by atoms with Crippen LogP contribution >= 0.6 is 0 Å². The van der Waals surface area contributed by atoms with Gasteiger partial charge in [-0.1, -0.05) is 30.3 Å². The summed E-state index contributed by atoms with van der Waals surface area (Å²) in [6.45, 7) is 4.41. The van der Waals surface area contributed by atoms with Crippen molar-refractivity contribution in [2.24, 2.45) is 0 Å². The maximum atomic E-state index is 4.91. The van der Waals surface area contributed by atoms with Gasteiger partial charge < -0.3 is 5.32 Å². The second kappa shape index (κ2) is 6.19. The molecule has 1 aliphatic heterocycles. The van der Waals surface area contributed by atoms with Gasteiger partial charge in [-0.2, -0.15) is 0 Å². The van der Waals surface area contributed by atoms with Crippen LogP contribution in [0.4, 0.5) is 0 Å². The van der Waals surface area contributed by atoms with Crippen LogP contribution in [0.3, 0.4) is 0 Å². The summed E-state index contributed by atoms with van der Waals surface area (Å²) in [5.41, 5.74) is 5.19. The van der Waals surface area contributed by atoms with Crippen molar-refractivity contribution < 1.29 is 0 Å². The Morgan fingerprint density at radius 2 is 1.85 bits per heavy atom. The molecule has 2 nitrogen and oxygen atoms in total. The molecule has 2 heterocycles. The highest BCUT2D eigenvalue weighted by molar-refractivity contribution is 5.30. The third-order valence-electron chi connectivity index (χ3n) is 4.22. The average molecular weight is 266 g/mol. The number of aryl methyl sites for hydroxylation is 1. The molecule has 1 aliphatic rings. The molecule has 1 N–H and O–H groups in total. The molecule has 20 heavy (non-hydrogen) atoms. The van der Waals surface area contributed by atoms with Crippen molar-refractivity contribution in [3.8, 4) is 0 Å². The lowest BCUT2D eigenvalue weighted by Gasteiger charge is -2.22. The fraction of sp³-hybridized carbons (Fsp3) is 0.389. The first-order valence-electron chi connectivity index (χ1n) is 7.54. The number of benzene rings is 1. The van der Waals surface area contributed by atoms with E-state index in [9.17, 15) is 0 Å². The Balaban J connectivity index is 1.79. The molecule has 0 radical (unpaired) electrons. The Morgan fingerprint density at radius 1 is 1.05 bits per heavy atom. The van der Waals surface area contributed by atoms with Crippen molar-refractivity contribution in [1.82, 2.24) is 10.3 Å². The number of rotatable bonds is 3. The number of hydrogen-bond donors (Lipinski definition) is 1. The van der Waals surface area contributed by atoms with Gasteiger partial charge in [-0.05, 0) is 56.1 Å². The van der Waals surface area contributed by atoms with E-state index in [1.165, 1.54) is 35.4 Å². The van der Waals surface area contributed by atoms with Crippen LogP contribution in [0.15, 0.2) is 42.5 Å². The Hall–Kier alpha value is -1.67. The number of piperidine rings is 1. The second-order valence-electron chi connectivity index (χ2n) is 5.68. The highest BCUT2D eigenvalue weighted by atomic mass is 14.9. The van der Waals surface area contributed by atoms with Gasteiger partial charge in [-0.3, -0.25) is 4.98 Å². The highest BCUT2D eigenvalue weighted by Crippen LogP contribution is 2.24. The zero-order valence-electron chi connectivity index (χ0n) is 12.1. The number of pyridine rings is 1. The molecule has 2 heteroatoms. The number of nitrogens with zero attached hydrogens (tertiary/aromatic N) is 1. The van der Waals surface area contributed by atoms with Crippen LogP contribution in [0.2, 0.25) is 0 Å². The van der Waals surface area contributed by atoms with Gasteiger partial charge in [-0.25, -0.2) is 0 Å². The standard InChI is InChI=1S/C18H22N2/c1-14-5-2-3-6-16(14)13-17-7-4-8-18(20-17)15-9-11-19-12-10-15/h2-8,15,19H,9-13H2,1H3. The van der Waals surface area contributed by atoms with Gasteiger partial charge >= 0.3 is 0 Å². The Bertz CT molecular complexity index is 571. The van der Waals surface area contributed by atoms with Crippen molar-refractivity contribution >= 4 is 0 Å². The third kappa shape index (κ3) is 3.07. The smallest absolute Gasteiger partial charge is 0.0450 e. The van der Waals surface area contributed by atoms with Gasteiger partial charge in [0.1, 0.15) is 0 Å². The van der Waals surface area contributed by atoms with Crippen molar-refractivity contribution in [2.45, 2.75) is 32.1 Å². The summed E-state index contributed by atoms with van der Waals surface area (Å²) < 4.78 is 0. The first-order valence-corrected chi connectivity index (χ1v) is 7.54. The monoisotopic (exact) mass is 266 g/mol. The van der Waals surface area contributed by atoms with Crippen LogP contribution in [0.5, 0.6) is 0 Å². The van der Waals surface area contributed by atoms with E-state index >= 15 is 0 Å². The van der Waals surface area contributed by atoms with Crippen LogP contribution in [0, 0.1) is 6.92 Å². The van der Waals surface area contributed by atoms with E-state index in [4.69, 9.17) is 4.98 Å². The molecule has 0 spiro atoms. The Labute approximate surface area is 121 Å². The van der Waals surface area contributed by atoms with Crippen molar-refractivity contribution in [2.75, 3.05) is 13.1 Å². The van der Waals surface area contributed by atoms with E-state index in [1.54, 1.807) is 0 Å². The lowest BCUT2D eigenvalue weighted by Crippen LogP contribution is -2.27. The first-order chi connectivity index (χ1) is 9.83. The Kier molecular flexibility index (Phi) is 4.12. The SMILES string of the molecule is Cc1ccccc1Cc1cccc(C2CCNCC2)n1. The molecule has 1 aromatic carbocycles. The van der Waals surface area contributed by atoms with Gasteiger partial charge in [0.05, 0.1) is 0 Å². The molecular formula is C18H22N2. The quantitative estimate of drug-likeness (QED) is 0.920. The van der Waals surface area contributed by atoms with Gasteiger partial charge in [0.2, 0.25) is 0 Å². The average Bonchev–Trinajstić information content (AvgIpc) is 2.51. The molecule has 1 fully saturated rings. The summed E-state index contributed by atoms with van der Waals surface area (Å²) in [7, 11) is 0. The minimum absolute atomic E-state index is 0.632. The highest BCUT2D eigenvalue weighted by Gasteiger charge is 2.16. The molecule has 3 rings (SSSR count). The molecule has 0 saturated carbocycles. The van der Waals surface area contributed by atoms with E-state index in [0.29, 0.717) is 5.92 Å². The maximum absolute atomic E-state index is 4.91. The fourth-order valence-electron chi connectivity index (χ4n) is 2.95. The second-order valence-corrected chi connectivity index (χ2v) is 5.68. The van der Waals surface area contributed by atoms with E-state index < -0.39 is 0 Å². The van der Waals surface area contributed by atoms with E-state index in [2.05, 4.69) is 54.7 Å². The van der Waals surface area contributed by atoms with Crippen LogP contribution in [-0.2, 0) is 6.42 Å². The van der Waals surface area contributed by atoms with Crippen molar-refractivity contribution in [3.63, 3.8) is 0 Å². The zero-order chi connectivity index (χ0) is 13.8. The molecule has 0 unspecified atom stereocenters. The molecule has 2 aromatic rings. The van der Waals surface area contributed by atoms with Crippen molar-refractivity contribution in [3.05, 3.63) is 65.0 Å². The third-order valence-corrected chi connectivity index (χ3v) is 4.22. The molecule has 0 amide bonds. The number of nitrogens with one attached hydrogen (secondary N) is 1. The summed E-state index contributed by atoms with van der Waals surface area (Å²) in [5, 5.41) is 3.42. The van der Waals surface area contributed by atoms with Crippen LogP contribution in [0.25, 0.3) is 0 Å². The molecule has 1 saturated heterocycles. The lowest BCUT2D eigenvalue weighted by atomic mass is 9.93. The summed E-state index contributed by atoms with van der Waals surface area (Å²) in [6.07, 6.45) is 3.35. The summed E-state index contributed by atoms with van der Waals surface area (Å²) in [6, 6.07) is 15.1. The molecule has 0 atom stereocenters. The van der Waals surface area contributed by atoms with Gasteiger partial charge in [-0.15, -0.1) is 0 Å². The molecular weight excluding hydrogens is 244 g/mol. The van der Waals surface area contributed by atoms with E-state index in [1.807, 2.05) is 0 Å². The van der Waals surface area contributed by atoms with Gasteiger partial charge in [0.25, 0.3) is 0 Å². The van der Waals surface area contributed by atoms with Gasteiger partial charge in [0, 0.05) is 23.7 Å². The fourth-order valence-corrected chi connectivity index (χ4v) is 2.95. The molecule has 0 bridgehead atoms. The lowest BCUT2D eigenvalue weighted by molar-refractivity contribution is 0.452. The number of aromatic nitrogens is 1. The molecule has 104 valence electrons. The largest absolute Gasteiger partial charge is 0.317 e.